The number of hydrogen-bond donors (Lipinski definition) is 1. The molecule has 0 fully saturated rings. The number of aromatic nitrogens is 7. The van der Waals surface area contributed by atoms with E-state index in [1.165, 1.54) is 0 Å². The maximum absolute atomic E-state index is 4.69. The van der Waals surface area contributed by atoms with Crippen LogP contribution in [-0.2, 0) is 6.54 Å². The Morgan fingerprint density at radius 2 is 1.92 bits per heavy atom. The first-order chi connectivity index (χ1) is 12.4. The number of benzene rings is 1. The SMILES string of the molecule is c1cnc2ccc(Cn3nnc4ccc(-c5ccn[nH]5)nc43)cc2c1. The maximum atomic E-state index is 4.69. The fourth-order valence-electron chi connectivity index (χ4n) is 2.90. The van der Waals surface area contributed by atoms with Crippen molar-refractivity contribution >= 4 is 22.1 Å². The standard InChI is InChI=1S/C18H13N7/c1-2-13-10-12(3-4-14(13)19-8-1)11-25-18-17(23-24-25)6-5-15(21-18)16-7-9-20-22-16/h1-10H,11H2,(H,20,22). The van der Waals surface area contributed by atoms with E-state index in [2.05, 4.69) is 43.7 Å². The lowest BCUT2D eigenvalue weighted by atomic mass is 10.1. The molecule has 0 saturated carbocycles. The van der Waals surface area contributed by atoms with Crippen LogP contribution < -0.4 is 0 Å². The lowest BCUT2D eigenvalue weighted by molar-refractivity contribution is 0.664. The summed E-state index contributed by atoms with van der Waals surface area (Å²) in [6.45, 7) is 0.598. The van der Waals surface area contributed by atoms with Crippen LogP contribution in [0.25, 0.3) is 33.5 Å². The molecule has 7 heteroatoms. The average molecular weight is 327 g/mol. The van der Waals surface area contributed by atoms with Gasteiger partial charge in [-0.05, 0) is 42.0 Å². The van der Waals surface area contributed by atoms with Gasteiger partial charge in [0, 0.05) is 17.8 Å². The van der Waals surface area contributed by atoms with Crippen molar-refractivity contribution in [1.29, 1.82) is 0 Å². The fraction of sp³-hybridized carbons (Fsp3) is 0.0556. The molecule has 0 spiro atoms. The number of pyridine rings is 2. The minimum absolute atomic E-state index is 0.598. The summed E-state index contributed by atoms with van der Waals surface area (Å²) in [4.78, 5) is 9.04. The van der Waals surface area contributed by atoms with Gasteiger partial charge < -0.3 is 0 Å². The molecule has 7 nitrogen and oxygen atoms in total. The minimum atomic E-state index is 0.598. The lowest BCUT2D eigenvalue weighted by Gasteiger charge is -2.05. The topological polar surface area (TPSA) is 85.2 Å². The molecule has 4 aromatic heterocycles. The van der Waals surface area contributed by atoms with Gasteiger partial charge in [0.2, 0.25) is 0 Å². The Morgan fingerprint density at radius 1 is 0.960 bits per heavy atom. The number of nitrogens with zero attached hydrogens (tertiary/aromatic N) is 6. The van der Waals surface area contributed by atoms with Crippen LogP contribution >= 0.6 is 0 Å². The molecule has 5 aromatic rings. The number of aromatic amines is 1. The van der Waals surface area contributed by atoms with Crippen LogP contribution in [0.5, 0.6) is 0 Å². The van der Waals surface area contributed by atoms with Gasteiger partial charge in [-0.15, -0.1) is 5.10 Å². The van der Waals surface area contributed by atoms with Crippen molar-refractivity contribution in [3.05, 3.63) is 66.5 Å². The summed E-state index contributed by atoms with van der Waals surface area (Å²) in [6.07, 6.45) is 3.51. The predicted octanol–water partition coefficient (Wildman–Crippen LogP) is 2.81. The maximum Gasteiger partial charge on any atom is 0.179 e. The van der Waals surface area contributed by atoms with Crippen LogP contribution in [0.15, 0.2) is 60.9 Å². The van der Waals surface area contributed by atoms with Crippen molar-refractivity contribution in [2.45, 2.75) is 6.54 Å². The molecule has 0 amide bonds. The van der Waals surface area contributed by atoms with E-state index in [0.29, 0.717) is 6.54 Å². The van der Waals surface area contributed by atoms with E-state index in [4.69, 9.17) is 4.98 Å². The van der Waals surface area contributed by atoms with Crippen LogP contribution in [0.3, 0.4) is 0 Å². The van der Waals surface area contributed by atoms with Gasteiger partial charge in [0.1, 0.15) is 5.52 Å². The summed E-state index contributed by atoms with van der Waals surface area (Å²) in [5.41, 5.74) is 5.31. The third-order valence-electron chi connectivity index (χ3n) is 4.14. The molecule has 0 bridgehead atoms. The molecule has 0 atom stereocenters. The second kappa shape index (κ2) is 5.48. The van der Waals surface area contributed by atoms with Crippen molar-refractivity contribution in [3.63, 3.8) is 0 Å². The third kappa shape index (κ3) is 2.42. The third-order valence-corrected chi connectivity index (χ3v) is 4.14. The number of H-pyrrole nitrogens is 1. The Morgan fingerprint density at radius 3 is 2.84 bits per heavy atom. The number of hydrogen-bond acceptors (Lipinski definition) is 5. The molecule has 120 valence electrons. The van der Waals surface area contributed by atoms with E-state index < -0.39 is 0 Å². The van der Waals surface area contributed by atoms with Crippen LogP contribution in [0.4, 0.5) is 0 Å². The molecule has 0 aliphatic rings. The second-order valence-electron chi connectivity index (χ2n) is 5.79. The van der Waals surface area contributed by atoms with Crippen molar-refractivity contribution in [3.8, 4) is 11.4 Å². The van der Waals surface area contributed by atoms with E-state index in [9.17, 15) is 0 Å². The van der Waals surface area contributed by atoms with Gasteiger partial charge in [0.05, 0.1) is 23.4 Å². The Labute approximate surface area is 142 Å². The normalized spacial score (nSPS) is 11.4. The molecule has 4 heterocycles. The predicted molar refractivity (Wildman–Crippen MR) is 93.7 cm³/mol. The van der Waals surface area contributed by atoms with Crippen LogP contribution in [-0.4, -0.2) is 35.2 Å². The van der Waals surface area contributed by atoms with Crippen LogP contribution in [0, 0.1) is 0 Å². The molecule has 1 aromatic carbocycles. The van der Waals surface area contributed by atoms with Gasteiger partial charge >= 0.3 is 0 Å². The van der Waals surface area contributed by atoms with E-state index in [1.807, 2.05) is 35.0 Å². The van der Waals surface area contributed by atoms with Gasteiger partial charge in [-0.25, -0.2) is 9.67 Å². The second-order valence-corrected chi connectivity index (χ2v) is 5.79. The molecule has 1 N–H and O–H groups in total. The molecule has 0 aliphatic carbocycles. The highest BCUT2D eigenvalue weighted by molar-refractivity contribution is 5.79. The highest BCUT2D eigenvalue weighted by Gasteiger charge is 2.10. The smallest absolute Gasteiger partial charge is 0.179 e. The minimum Gasteiger partial charge on any atom is -0.276 e. The highest BCUT2D eigenvalue weighted by Crippen LogP contribution is 2.19. The van der Waals surface area contributed by atoms with Crippen LogP contribution in [0.2, 0.25) is 0 Å². The molecular formula is C18H13N7. The average Bonchev–Trinajstić information content (AvgIpc) is 3.32. The zero-order chi connectivity index (χ0) is 16.6. The van der Waals surface area contributed by atoms with Gasteiger partial charge in [0.25, 0.3) is 0 Å². The zero-order valence-electron chi connectivity index (χ0n) is 13.2. The summed E-state index contributed by atoms with van der Waals surface area (Å²) in [5.74, 6) is 0. The largest absolute Gasteiger partial charge is 0.276 e. The molecule has 5 rings (SSSR count). The van der Waals surface area contributed by atoms with E-state index in [-0.39, 0.29) is 0 Å². The lowest BCUT2D eigenvalue weighted by Crippen LogP contribution is -2.03. The first kappa shape index (κ1) is 13.8. The Balaban J connectivity index is 1.56. The first-order valence-corrected chi connectivity index (χ1v) is 7.90. The van der Waals surface area contributed by atoms with E-state index >= 15 is 0 Å². The van der Waals surface area contributed by atoms with Gasteiger partial charge in [-0.2, -0.15) is 5.10 Å². The Hall–Kier alpha value is -3.61. The molecule has 0 radical (unpaired) electrons. The van der Waals surface area contributed by atoms with Gasteiger partial charge in [-0.1, -0.05) is 17.3 Å². The van der Waals surface area contributed by atoms with E-state index in [0.717, 1.165) is 39.0 Å². The van der Waals surface area contributed by atoms with Crippen molar-refractivity contribution in [2.24, 2.45) is 0 Å². The van der Waals surface area contributed by atoms with E-state index in [1.54, 1.807) is 12.4 Å². The van der Waals surface area contributed by atoms with Crippen molar-refractivity contribution in [1.82, 2.24) is 35.2 Å². The molecule has 25 heavy (non-hydrogen) atoms. The molecular weight excluding hydrogens is 314 g/mol. The van der Waals surface area contributed by atoms with Crippen LogP contribution in [0.1, 0.15) is 5.56 Å². The fourth-order valence-corrected chi connectivity index (χ4v) is 2.90. The summed E-state index contributed by atoms with van der Waals surface area (Å²) in [6, 6.07) is 15.9. The van der Waals surface area contributed by atoms with Gasteiger partial charge in [0.15, 0.2) is 5.65 Å². The number of nitrogens with one attached hydrogen (secondary N) is 1. The van der Waals surface area contributed by atoms with Gasteiger partial charge in [-0.3, -0.25) is 10.1 Å². The highest BCUT2D eigenvalue weighted by atomic mass is 15.4. The molecule has 0 saturated heterocycles. The monoisotopic (exact) mass is 327 g/mol. The summed E-state index contributed by atoms with van der Waals surface area (Å²) >= 11 is 0. The Kier molecular flexibility index (Phi) is 3.03. The summed E-state index contributed by atoms with van der Waals surface area (Å²) in [7, 11) is 0. The number of fused-ring (bicyclic) bond motifs is 2. The molecule has 0 unspecified atom stereocenters. The number of rotatable bonds is 3. The quantitative estimate of drug-likeness (QED) is 0.551. The molecule has 0 aliphatic heterocycles. The summed E-state index contributed by atoms with van der Waals surface area (Å²) < 4.78 is 1.81. The zero-order valence-corrected chi connectivity index (χ0v) is 13.2. The van der Waals surface area contributed by atoms with Crippen molar-refractivity contribution < 1.29 is 0 Å². The summed E-state index contributed by atoms with van der Waals surface area (Å²) in [5, 5.41) is 16.5. The first-order valence-electron chi connectivity index (χ1n) is 7.90. The Bertz CT molecular complexity index is 1170. The van der Waals surface area contributed by atoms with Crippen molar-refractivity contribution in [2.75, 3.05) is 0 Å².